The number of nitrogens with two attached hydrogens (primary N) is 1. The third-order valence-corrected chi connectivity index (χ3v) is 5.67. The average molecular weight is 381 g/mol. The molecule has 0 aliphatic heterocycles. The van der Waals surface area contributed by atoms with E-state index >= 15 is 0 Å². The molecule has 1 atom stereocenters. The summed E-state index contributed by atoms with van der Waals surface area (Å²) in [6.45, 7) is 5.24. The Morgan fingerprint density at radius 1 is 1.04 bits per heavy atom. The van der Waals surface area contributed by atoms with E-state index < -0.39 is 0 Å². The number of benzene rings is 2. The minimum Gasteiger partial charge on any atom is -0.493 e. The Hall–Kier alpha value is -2.46. The second-order valence-corrected chi connectivity index (χ2v) is 7.34. The molecule has 1 aromatic heterocycles. The number of fused-ring (bicyclic) bond motifs is 1. The Morgan fingerprint density at radius 2 is 1.82 bits per heavy atom. The lowest BCUT2D eigenvalue weighted by Crippen LogP contribution is -2.00. The zero-order valence-electron chi connectivity index (χ0n) is 17.5. The predicted molar refractivity (Wildman–Crippen MR) is 118 cm³/mol. The second kappa shape index (κ2) is 9.16. The van der Waals surface area contributed by atoms with Crippen LogP contribution in [0, 0.1) is 0 Å². The molecule has 2 aromatic carbocycles. The van der Waals surface area contributed by atoms with Crippen LogP contribution in [0.25, 0.3) is 22.2 Å². The number of aromatic nitrogens is 1. The van der Waals surface area contributed by atoms with Crippen molar-refractivity contribution < 1.29 is 9.47 Å². The summed E-state index contributed by atoms with van der Waals surface area (Å²) in [7, 11) is 3.37. The van der Waals surface area contributed by atoms with Gasteiger partial charge in [-0.2, -0.15) is 0 Å². The lowest BCUT2D eigenvalue weighted by atomic mass is 9.94. The van der Waals surface area contributed by atoms with Crippen molar-refractivity contribution in [2.24, 2.45) is 5.73 Å². The quantitative estimate of drug-likeness (QED) is 0.472. The van der Waals surface area contributed by atoms with Gasteiger partial charge in [0.15, 0.2) is 11.5 Å². The van der Waals surface area contributed by atoms with Crippen LogP contribution in [0.1, 0.15) is 50.2 Å². The maximum Gasteiger partial charge on any atom is 0.170 e. The first-order chi connectivity index (χ1) is 13.7. The van der Waals surface area contributed by atoms with Crippen LogP contribution >= 0.6 is 0 Å². The number of unbranched alkanes of at least 4 members (excludes halogenated alkanes) is 1. The summed E-state index contributed by atoms with van der Waals surface area (Å²) >= 11 is 0. The molecule has 4 heteroatoms. The number of H-pyrrole nitrogens is 1. The van der Waals surface area contributed by atoms with Gasteiger partial charge in [-0.05, 0) is 61.4 Å². The smallest absolute Gasteiger partial charge is 0.170 e. The minimum absolute atomic E-state index is 0.499. The van der Waals surface area contributed by atoms with Crippen LogP contribution in [-0.2, 0) is 6.42 Å². The summed E-state index contributed by atoms with van der Waals surface area (Å²) in [4.78, 5) is 3.75. The molecule has 28 heavy (non-hydrogen) atoms. The summed E-state index contributed by atoms with van der Waals surface area (Å²) in [6.07, 6.45) is 4.18. The third-order valence-electron chi connectivity index (χ3n) is 5.67. The van der Waals surface area contributed by atoms with Gasteiger partial charge in [-0.1, -0.05) is 38.1 Å². The predicted octanol–water partition coefficient (Wildman–Crippen LogP) is 5.65. The lowest BCUT2D eigenvalue weighted by Gasteiger charge is -2.13. The van der Waals surface area contributed by atoms with Gasteiger partial charge in [0, 0.05) is 16.5 Å². The van der Waals surface area contributed by atoms with E-state index in [9.17, 15) is 0 Å². The van der Waals surface area contributed by atoms with Crippen molar-refractivity contribution in [3.63, 3.8) is 0 Å². The number of rotatable bonds is 9. The van der Waals surface area contributed by atoms with Crippen molar-refractivity contribution in [3.8, 4) is 22.8 Å². The first kappa shape index (κ1) is 20.3. The zero-order chi connectivity index (χ0) is 20.1. The molecule has 1 unspecified atom stereocenters. The molecule has 0 aliphatic rings. The number of hydrogen-bond donors (Lipinski definition) is 2. The Balaban J connectivity index is 2.25. The van der Waals surface area contributed by atoms with Crippen LogP contribution in [-0.4, -0.2) is 25.7 Å². The number of hydrogen-bond acceptors (Lipinski definition) is 3. The van der Waals surface area contributed by atoms with Crippen LogP contribution < -0.4 is 15.2 Å². The monoisotopic (exact) mass is 380 g/mol. The molecule has 0 spiro atoms. The van der Waals surface area contributed by atoms with Crippen molar-refractivity contribution in [1.82, 2.24) is 4.98 Å². The first-order valence-corrected chi connectivity index (χ1v) is 10.2. The summed E-state index contributed by atoms with van der Waals surface area (Å²) in [5.74, 6) is 2.01. The molecule has 0 radical (unpaired) electrons. The van der Waals surface area contributed by atoms with E-state index in [0.29, 0.717) is 5.92 Å². The van der Waals surface area contributed by atoms with Crippen molar-refractivity contribution in [3.05, 3.63) is 47.5 Å². The maximum absolute atomic E-state index is 5.75. The molecule has 0 saturated carbocycles. The second-order valence-electron chi connectivity index (χ2n) is 7.34. The topological polar surface area (TPSA) is 60.3 Å². The summed E-state index contributed by atoms with van der Waals surface area (Å²) in [5, 5.41) is 1.30. The van der Waals surface area contributed by atoms with Crippen LogP contribution in [0.15, 0.2) is 36.4 Å². The molecule has 0 bridgehead atoms. The fraction of sp³-hybridized carbons (Fsp3) is 0.417. The fourth-order valence-corrected chi connectivity index (χ4v) is 3.95. The normalized spacial score (nSPS) is 12.3. The van der Waals surface area contributed by atoms with Crippen LogP contribution in [0.2, 0.25) is 0 Å². The SMILES string of the molecule is CCC(C)c1cccc2c(CCCCN)c(-c3cccc(OC)c3OC)[nH]c12. The lowest BCUT2D eigenvalue weighted by molar-refractivity contribution is 0.356. The number of aryl methyl sites for hydroxylation is 1. The van der Waals surface area contributed by atoms with Gasteiger partial charge in [0.1, 0.15) is 0 Å². The summed E-state index contributed by atoms with van der Waals surface area (Å²) < 4.78 is 11.3. The van der Waals surface area contributed by atoms with Gasteiger partial charge in [0.05, 0.1) is 19.9 Å². The van der Waals surface area contributed by atoms with E-state index in [1.165, 1.54) is 22.0 Å². The first-order valence-electron chi connectivity index (χ1n) is 10.2. The van der Waals surface area contributed by atoms with E-state index in [4.69, 9.17) is 15.2 Å². The van der Waals surface area contributed by atoms with Gasteiger partial charge in [0.25, 0.3) is 0 Å². The zero-order valence-corrected chi connectivity index (χ0v) is 17.5. The van der Waals surface area contributed by atoms with Gasteiger partial charge >= 0.3 is 0 Å². The molecule has 4 nitrogen and oxygen atoms in total. The van der Waals surface area contributed by atoms with Gasteiger partial charge in [-0.25, -0.2) is 0 Å². The fourth-order valence-electron chi connectivity index (χ4n) is 3.95. The molecular formula is C24H32N2O2. The standard InChI is InChI=1S/C24H32N2O2/c1-5-16(2)17-11-8-12-19-18(10-6-7-15-25)23(26-22(17)19)20-13-9-14-21(27-3)24(20)28-4/h8-9,11-14,16,26H,5-7,10,15,25H2,1-4H3. The molecule has 0 aliphatic carbocycles. The van der Waals surface area contributed by atoms with Gasteiger partial charge in [-0.3, -0.25) is 0 Å². The van der Waals surface area contributed by atoms with Gasteiger partial charge in [0.2, 0.25) is 0 Å². The van der Waals surface area contributed by atoms with Gasteiger partial charge in [-0.15, -0.1) is 0 Å². The maximum atomic E-state index is 5.75. The number of nitrogens with one attached hydrogen (secondary N) is 1. The Kier molecular flexibility index (Phi) is 6.63. The summed E-state index contributed by atoms with van der Waals surface area (Å²) in [5.41, 5.74) is 11.9. The molecule has 3 aromatic rings. The highest BCUT2D eigenvalue weighted by molar-refractivity contribution is 5.94. The van der Waals surface area contributed by atoms with E-state index in [-0.39, 0.29) is 0 Å². The summed E-state index contributed by atoms with van der Waals surface area (Å²) in [6, 6.07) is 12.7. The molecule has 0 fully saturated rings. The largest absolute Gasteiger partial charge is 0.493 e. The number of aromatic amines is 1. The molecule has 3 N–H and O–H groups in total. The van der Waals surface area contributed by atoms with Crippen molar-refractivity contribution in [2.45, 2.75) is 45.4 Å². The number of para-hydroxylation sites is 2. The molecule has 3 rings (SSSR count). The number of ether oxygens (including phenoxy) is 2. The Labute approximate surface area is 168 Å². The van der Waals surface area contributed by atoms with Crippen molar-refractivity contribution in [2.75, 3.05) is 20.8 Å². The highest BCUT2D eigenvalue weighted by Crippen LogP contribution is 2.42. The minimum atomic E-state index is 0.499. The molecule has 150 valence electrons. The number of methoxy groups -OCH3 is 2. The van der Waals surface area contributed by atoms with Gasteiger partial charge < -0.3 is 20.2 Å². The Morgan fingerprint density at radius 3 is 2.50 bits per heavy atom. The highest BCUT2D eigenvalue weighted by atomic mass is 16.5. The van der Waals surface area contributed by atoms with Crippen LogP contribution in [0.4, 0.5) is 0 Å². The molecule has 0 saturated heterocycles. The van der Waals surface area contributed by atoms with E-state index in [2.05, 4.69) is 43.1 Å². The third kappa shape index (κ3) is 3.74. The highest BCUT2D eigenvalue weighted by Gasteiger charge is 2.20. The van der Waals surface area contributed by atoms with Crippen LogP contribution in [0.5, 0.6) is 11.5 Å². The van der Waals surface area contributed by atoms with E-state index in [1.807, 2.05) is 12.1 Å². The molecule has 1 heterocycles. The van der Waals surface area contributed by atoms with Crippen molar-refractivity contribution >= 4 is 10.9 Å². The van der Waals surface area contributed by atoms with E-state index in [1.54, 1.807) is 14.2 Å². The van der Waals surface area contributed by atoms with Crippen molar-refractivity contribution in [1.29, 1.82) is 0 Å². The Bertz CT molecular complexity index is 930. The molecule has 0 amide bonds. The molecular weight excluding hydrogens is 348 g/mol. The van der Waals surface area contributed by atoms with E-state index in [0.717, 1.165) is 55.0 Å². The van der Waals surface area contributed by atoms with Crippen LogP contribution in [0.3, 0.4) is 0 Å². The average Bonchev–Trinajstić information content (AvgIpc) is 3.11.